The van der Waals surface area contributed by atoms with E-state index in [4.69, 9.17) is 9.15 Å². The van der Waals surface area contributed by atoms with Crippen molar-refractivity contribution in [2.24, 2.45) is 0 Å². The molecule has 1 aromatic heterocycles. The van der Waals surface area contributed by atoms with E-state index < -0.39 is 5.97 Å². The zero-order chi connectivity index (χ0) is 15.4. The van der Waals surface area contributed by atoms with E-state index in [0.29, 0.717) is 16.7 Å². The highest BCUT2D eigenvalue weighted by Crippen LogP contribution is 2.28. The van der Waals surface area contributed by atoms with Gasteiger partial charge < -0.3 is 9.15 Å². The van der Waals surface area contributed by atoms with Crippen LogP contribution in [0.5, 0.6) is 5.75 Å². The zero-order valence-corrected chi connectivity index (χ0v) is 12.7. The molecule has 0 aliphatic rings. The van der Waals surface area contributed by atoms with Gasteiger partial charge in [-0.25, -0.2) is 9.78 Å². The highest BCUT2D eigenvalue weighted by molar-refractivity contribution is 7.98. The number of esters is 1. The second-order valence-electron chi connectivity index (χ2n) is 4.43. The fourth-order valence-corrected chi connectivity index (χ4v) is 2.41. The monoisotopic (exact) mass is 311 g/mol. The van der Waals surface area contributed by atoms with Crippen molar-refractivity contribution in [1.82, 2.24) is 4.98 Å². The Morgan fingerprint density at radius 1 is 1.05 bits per heavy atom. The summed E-state index contributed by atoms with van der Waals surface area (Å²) < 4.78 is 11.0. The first-order chi connectivity index (χ1) is 10.8. The van der Waals surface area contributed by atoms with Gasteiger partial charge in [0.2, 0.25) is 11.6 Å². The number of carbonyl (C=O) groups is 1. The van der Waals surface area contributed by atoms with E-state index in [0.717, 1.165) is 5.56 Å². The highest BCUT2D eigenvalue weighted by Gasteiger charge is 2.22. The SMILES string of the molecule is CSc1oc(-c2ccccc2)nc1C(=O)Oc1ccccc1. The minimum atomic E-state index is -0.526. The van der Waals surface area contributed by atoms with E-state index in [9.17, 15) is 4.79 Å². The predicted molar refractivity (Wildman–Crippen MR) is 85.1 cm³/mol. The summed E-state index contributed by atoms with van der Waals surface area (Å²) >= 11 is 1.32. The van der Waals surface area contributed by atoms with Gasteiger partial charge in [-0.15, -0.1) is 0 Å². The second kappa shape index (κ2) is 6.49. The number of hydrogen-bond acceptors (Lipinski definition) is 5. The van der Waals surface area contributed by atoms with Gasteiger partial charge in [-0.3, -0.25) is 0 Å². The molecule has 0 aliphatic carbocycles. The number of aromatic nitrogens is 1. The molecule has 0 bridgehead atoms. The molecule has 0 aliphatic heterocycles. The third-order valence-electron chi connectivity index (χ3n) is 2.95. The Balaban J connectivity index is 1.90. The Bertz CT molecular complexity index is 769. The van der Waals surface area contributed by atoms with Crippen LogP contribution >= 0.6 is 11.8 Å². The van der Waals surface area contributed by atoms with E-state index in [1.807, 2.05) is 42.7 Å². The summed E-state index contributed by atoms with van der Waals surface area (Å²) in [4.78, 5) is 16.6. The fraction of sp³-hybridized carbons (Fsp3) is 0.0588. The van der Waals surface area contributed by atoms with Gasteiger partial charge in [0, 0.05) is 5.56 Å². The van der Waals surface area contributed by atoms with Crippen molar-refractivity contribution in [2.75, 3.05) is 6.26 Å². The minimum absolute atomic E-state index is 0.190. The van der Waals surface area contributed by atoms with Crippen molar-refractivity contribution in [2.45, 2.75) is 5.09 Å². The molecule has 110 valence electrons. The largest absolute Gasteiger partial charge is 0.429 e. The summed E-state index contributed by atoms with van der Waals surface area (Å²) in [5.41, 5.74) is 1.01. The van der Waals surface area contributed by atoms with Crippen molar-refractivity contribution in [3.8, 4) is 17.2 Å². The number of para-hydroxylation sites is 1. The first-order valence-electron chi connectivity index (χ1n) is 6.65. The second-order valence-corrected chi connectivity index (χ2v) is 5.21. The van der Waals surface area contributed by atoms with Crippen LogP contribution in [0.3, 0.4) is 0 Å². The van der Waals surface area contributed by atoms with Crippen molar-refractivity contribution in [1.29, 1.82) is 0 Å². The first-order valence-corrected chi connectivity index (χ1v) is 7.88. The maximum atomic E-state index is 12.3. The van der Waals surface area contributed by atoms with Crippen molar-refractivity contribution >= 4 is 17.7 Å². The molecule has 3 aromatic rings. The average Bonchev–Trinajstić information content (AvgIpc) is 3.01. The molecular weight excluding hydrogens is 298 g/mol. The summed E-state index contributed by atoms with van der Waals surface area (Å²) in [5, 5.41) is 0.444. The first kappa shape index (κ1) is 14.4. The summed E-state index contributed by atoms with van der Waals surface area (Å²) in [5.74, 6) is 0.357. The van der Waals surface area contributed by atoms with E-state index >= 15 is 0 Å². The molecule has 0 amide bonds. The van der Waals surface area contributed by atoms with E-state index in [2.05, 4.69) is 4.98 Å². The van der Waals surface area contributed by atoms with Gasteiger partial charge in [-0.1, -0.05) is 48.2 Å². The summed E-state index contributed by atoms with van der Waals surface area (Å²) in [6.45, 7) is 0. The number of thioether (sulfide) groups is 1. The Kier molecular flexibility index (Phi) is 4.25. The summed E-state index contributed by atoms with van der Waals surface area (Å²) in [6, 6.07) is 18.3. The van der Waals surface area contributed by atoms with Gasteiger partial charge in [-0.2, -0.15) is 0 Å². The lowest BCUT2D eigenvalue weighted by Gasteiger charge is -2.01. The Labute approximate surface area is 132 Å². The molecule has 0 atom stereocenters. The standard InChI is InChI=1S/C17H13NO3S/c1-22-17-14(16(19)20-13-10-6-3-7-11-13)18-15(21-17)12-8-4-2-5-9-12/h2-11H,1H3. The van der Waals surface area contributed by atoms with Crippen LogP contribution in [0.25, 0.3) is 11.5 Å². The minimum Gasteiger partial charge on any atom is -0.429 e. The number of nitrogens with zero attached hydrogens (tertiary/aromatic N) is 1. The lowest BCUT2D eigenvalue weighted by atomic mass is 10.2. The lowest BCUT2D eigenvalue weighted by molar-refractivity contribution is 0.0723. The molecule has 3 rings (SSSR count). The van der Waals surface area contributed by atoms with Gasteiger partial charge >= 0.3 is 5.97 Å². The Hall–Kier alpha value is -2.53. The van der Waals surface area contributed by atoms with E-state index in [1.165, 1.54) is 11.8 Å². The van der Waals surface area contributed by atoms with Crippen molar-refractivity contribution in [3.05, 3.63) is 66.4 Å². The van der Waals surface area contributed by atoms with Gasteiger partial charge in [0.05, 0.1) is 0 Å². The molecule has 0 N–H and O–H groups in total. The molecular formula is C17H13NO3S. The predicted octanol–water partition coefficient (Wildman–Crippen LogP) is 4.28. The van der Waals surface area contributed by atoms with E-state index in [-0.39, 0.29) is 5.69 Å². The van der Waals surface area contributed by atoms with Gasteiger partial charge in [0.15, 0.2) is 5.09 Å². The maximum absolute atomic E-state index is 12.3. The smallest absolute Gasteiger partial charge is 0.366 e. The van der Waals surface area contributed by atoms with Crippen LogP contribution in [0.2, 0.25) is 0 Å². The number of hydrogen-bond donors (Lipinski definition) is 0. The van der Waals surface area contributed by atoms with Gasteiger partial charge in [0.25, 0.3) is 0 Å². The summed E-state index contributed by atoms with van der Waals surface area (Å²) in [6.07, 6.45) is 1.83. The Morgan fingerprint density at radius 3 is 2.32 bits per heavy atom. The van der Waals surface area contributed by atoms with Crippen LogP contribution in [-0.2, 0) is 0 Å². The fourth-order valence-electron chi connectivity index (χ4n) is 1.92. The van der Waals surface area contributed by atoms with Crippen LogP contribution in [0.4, 0.5) is 0 Å². The zero-order valence-electron chi connectivity index (χ0n) is 11.9. The van der Waals surface area contributed by atoms with Crippen LogP contribution in [0.15, 0.2) is 70.2 Å². The topological polar surface area (TPSA) is 52.3 Å². The average molecular weight is 311 g/mol. The van der Waals surface area contributed by atoms with E-state index in [1.54, 1.807) is 24.3 Å². The van der Waals surface area contributed by atoms with Crippen molar-refractivity contribution < 1.29 is 13.9 Å². The number of benzene rings is 2. The number of carbonyl (C=O) groups excluding carboxylic acids is 1. The molecule has 0 spiro atoms. The number of ether oxygens (including phenoxy) is 1. The normalized spacial score (nSPS) is 10.4. The van der Waals surface area contributed by atoms with Crippen molar-refractivity contribution in [3.63, 3.8) is 0 Å². The molecule has 0 radical (unpaired) electrons. The molecule has 4 nitrogen and oxygen atoms in total. The molecule has 0 unspecified atom stereocenters. The number of oxazole rings is 1. The maximum Gasteiger partial charge on any atom is 0.366 e. The lowest BCUT2D eigenvalue weighted by Crippen LogP contribution is -2.10. The quantitative estimate of drug-likeness (QED) is 0.409. The Morgan fingerprint density at radius 2 is 1.68 bits per heavy atom. The van der Waals surface area contributed by atoms with Crippen LogP contribution in [0.1, 0.15) is 10.5 Å². The van der Waals surface area contributed by atoms with Gasteiger partial charge in [0.1, 0.15) is 5.75 Å². The molecule has 0 fully saturated rings. The molecule has 2 aromatic carbocycles. The summed E-state index contributed by atoms with van der Waals surface area (Å²) in [7, 11) is 0. The van der Waals surface area contributed by atoms with Gasteiger partial charge in [-0.05, 0) is 30.5 Å². The molecule has 5 heteroatoms. The molecule has 0 saturated carbocycles. The number of rotatable bonds is 4. The third-order valence-corrected chi connectivity index (χ3v) is 3.60. The van der Waals surface area contributed by atoms with Crippen LogP contribution in [0, 0.1) is 0 Å². The molecule has 1 heterocycles. The highest BCUT2D eigenvalue weighted by atomic mass is 32.2. The van der Waals surface area contributed by atoms with Crippen LogP contribution < -0.4 is 4.74 Å². The molecule has 22 heavy (non-hydrogen) atoms. The third kappa shape index (κ3) is 3.04. The van der Waals surface area contributed by atoms with Crippen LogP contribution in [-0.4, -0.2) is 17.2 Å². The molecule has 0 saturated heterocycles.